The molecule has 6 nitrogen and oxygen atoms in total. The standard InChI is InChI=1S/C9H11NO5S/c11-9(12)7-4-10-15-8(7)3-6-1-2-16(13,14)5-6/h4,6H,1-3,5H2,(H,11,12). The number of aromatic nitrogens is 1. The van der Waals surface area contributed by atoms with Gasteiger partial charge in [-0.1, -0.05) is 5.16 Å². The Hall–Kier alpha value is -1.37. The summed E-state index contributed by atoms with van der Waals surface area (Å²) >= 11 is 0. The van der Waals surface area contributed by atoms with Gasteiger partial charge in [-0.25, -0.2) is 13.2 Å². The highest BCUT2D eigenvalue weighted by Gasteiger charge is 2.30. The summed E-state index contributed by atoms with van der Waals surface area (Å²) in [5.74, 6) is -0.621. The molecule has 1 aromatic heterocycles. The van der Waals surface area contributed by atoms with E-state index in [1.807, 2.05) is 0 Å². The fraction of sp³-hybridized carbons (Fsp3) is 0.556. The predicted octanol–water partition coefficient (Wildman–Crippen LogP) is 0.350. The predicted molar refractivity (Wildman–Crippen MR) is 53.9 cm³/mol. The summed E-state index contributed by atoms with van der Waals surface area (Å²) in [5.41, 5.74) is 0.0179. The lowest BCUT2D eigenvalue weighted by Gasteiger charge is -2.03. The summed E-state index contributed by atoms with van der Waals surface area (Å²) in [6, 6.07) is 0. The number of hydrogen-bond donors (Lipinski definition) is 1. The Morgan fingerprint density at radius 2 is 2.38 bits per heavy atom. The summed E-state index contributed by atoms with van der Waals surface area (Å²) < 4.78 is 27.3. The van der Waals surface area contributed by atoms with Crippen molar-refractivity contribution < 1.29 is 22.8 Å². The summed E-state index contributed by atoms with van der Waals surface area (Å²) in [6.07, 6.45) is 2.02. The third kappa shape index (κ3) is 2.24. The van der Waals surface area contributed by atoms with Crippen LogP contribution in [0.1, 0.15) is 22.5 Å². The van der Waals surface area contributed by atoms with Crippen molar-refractivity contribution >= 4 is 15.8 Å². The lowest BCUT2D eigenvalue weighted by molar-refractivity contribution is 0.0694. The number of hydrogen-bond acceptors (Lipinski definition) is 5. The molecule has 1 saturated heterocycles. The molecule has 2 rings (SSSR count). The second-order valence-electron chi connectivity index (χ2n) is 3.94. The normalized spacial score (nSPS) is 23.4. The van der Waals surface area contributed by atoms with Crippen molar-refractivity contribution in [2.24, 2.45) is 5.92 Å². The number of rotatable bonds is 3. The molecule has 7 heteroatoms. The zero-order chi connectivity index (χ0) is 11.8. The van der Waals surface area contributed by atoms with E-state index in [9.17, 15) is 13.2 Å². The van der Waals surface area contributed by atoms with E-state index >= 15 is 0 Å². The van der Waals surface area contributed by atoms with Crippen LogP contribution in [0.15, 0.2) is 10.7 Å². The van der Waals surface area contributed by atoms with Crippen molar-refractivity contribution in [3.63, 3.8) is 0 Å². The molecule has 1 unspecified atom stereocenters. The van der Waals surface area contributed by atoms with Crippen molar-refractivity contribution in [1.29, 1.82) is 0 Å². The highest BCUT2D eigenvalue weighted by atomic mass is 32.2. The lowest BCUT2D eigenvalue weighted by atomic mass is 10.0. The summed E-state index contributed by atoms with van der Waals surface area (Å²) in [4.78, 5) is 10.8. The van der Waals surface area contributed by atoms with E-state index in [4.69, 9.17) is 9.63 Å². The van der Waals surface area contributed by atoms with E-state index in [2.05, 4.69) is 5.16 Å². The molecule has 16 heavy (non-hydrogen) atoms. The highest BCUT2D eigenvalue weighted by Crippen LogP contribution is 2.24. The number of carbonyl (C=O) groups is 1. The molecule has 0 saturated carbocycles. The van der Waals surface area contributed by atoms with Gasteiger partial charge in [0.25, 0.3) is 0 Å². The van der Waals surface area contributed by atoms with Gasteiger partial charge in [0.2, 0.25) is 0 Å². The van der Waals surface area contributed by atoms with Gasteiger partial charge in [-0.05, 0) is 12.3 Å². The largest absolute Gasteiger partial charge is 0.478 e. The van der Waals surface area contributed by atoms with Gasteiger partial charge in [0.1, 0.15) is 5.56 Å². The van der Waals surface area contributed by atoms with E-state index in [1.165, 1.54) is 0 Å². The minimum Gasteiger partial charge on any atom is -0.478 e. The highest BCUT2D eigenvalue weighted by molar-refractivity contribution is 7.91. The van der Waals surface area contributed by atoms with Crippen LogP contribution in [0.4, 0.5) is 0 Å². The maximum Gasteiger partial charge on any atom is 0.340 e. The molecule has 2 heterocycles. The molecule has 1 aliphatic rings. The summed E-state index contributed by atoms with van der Waals surface area (Å²) in [6.45, 7) is 0. The van der Waals surface area contributed by atoms with Crippen LogP contribution in [0, 0.1) is 5.92 Å². The minimum atomic E-state index is -2.94. The number of carboxylic acids is 1. The number of carboxylic acid groups (broad SMARTS) is 1. The van der Waals surface area contributed by atoms with Crippen molar-refractivity contribution in [3.8, 4) is 0 Å². The van der Waals surface area contributed by atoms with Crippen molar-refractivity contribution in [3.05, 3.63) is 17.5 Å². The zero-order valence-electron chi connectivity index (χ0n) is 8.42. The van der Waals surface area contributed by atoms with Gasteiger partial charge < -0.3 is 9.63 Å². The maximum atomic E-state index is 11.2. The van der Waals surface area contributed by atoms with Crippen LogP contribution in [-0.2, 0) is 16.3 Å². The van der Waals surface area contributed by atoms with Crippen LogP contribution in [0.3, 0.4) is 0 Å². The van der Waals surface area contributed by atoms with E-state index in [1.54, 1.807) is 0 Å². The van der Waals surface area contributed by atoms with E-state index in [0.717, 1.165) is 6.20 Å². The summed E-state index contributed by atoms with van der Waals surface area (Å²) in [5, 5.41) is 12.2. The Bertz CT molecular complexity index is 504. The Kier molecular flexibility index (Phi) is 2.71. The fourth-order valence-corrected chi connectivity index (χ4v) is 3.74. The van der Waals surface area contributed by atoms with Crippen LogP contribution in [-0.4, -0.2) is 36.2 Å². The number of sulfone groups is 1. The smallest absolute Gasteiger partial charge is 0.340 e. The molecular formula is C9H11NO5S. The minimum absolute atomic E-state index is 0.0179. The molecule has 1 atom stereocenters. The van der Waals surface area contributed by atoms with Gasteiger partial charge in [-0.3, -0.25) is 0 Å². The average Bonchev–Trinajstić information content (AvgIpc) is 2.73. The number of aromatic carboxylic acids is 1. The molecule has 0 aliphatic carbocycles. The molecule has 0 radical (unpaired) electrons. The van der Waals surface area contributed by atoms with Gasteiger partial charge >= 0.3 is 5.97 Å². The quantitative estimate of drug-likeness (QED) is 0.825. The Labute approximate surface area is 92.2 Å². The molecule has 0 spiro atoms. The molecule has 0 aromatic carbocycles. The Morgan fingerprint density at radius 1 is 1.62 bits per heavy atom. The van der Waals surface area contributed by atoms with Crippen molar-refractivity contribution in [1.82, 2.24) is 5.16 Å². The molecule has 1 N–H and O–H groups in total. The number of nitrogens with zero attached hydrogens (tertiary/aromatic N) is 1. The van der Waals surface area contributed by atoms with Crippen LogP contribution in [0.2, 0.25) is 0 Å². The average molecular weight is 245 g/mol. The second kappa shape index (κ2) is 3.89. The molecule has 1 aliphatic heterocycles. The van der Waals surface area contributed by atoms with Crippen molar-refractivity contribution in [2.75, 3.05) is 11.5 Å². The van der Waals surface area contributed by atoms with Crippen molar-refractivity contribution in [2.45, 2.75) is 12.8 Å². The zero-order valence-corrected chi connectivity index (χ0v) is 9.24. The van der Waals surface area contributed by atoms with E-state index in [-0.39, 0.29) is 28.7 Å². The van der Waals surface area contributed by atoms with Crippen LogP contribution < -0.4 is 0 Å². The van der Waals surface area contributed by atoms with Gasteiger partial charge in [0.05, 0.1) is 17.7 Å². The van der Waals surface area contributed by atoms with E-state index in [0.29, 0.717) is 12.8 Å². The molecular weight excluding hydrogens is 234 g/mol. The van der Waals surface area contributed by atoms with Crippen LogP contribution in [0.5, 0.6) is 0 Å². The van der Waals surface area contributed by atoms with Gasteiger partial charge in [0, 0.05) is 6.42 Å². The first-order chi connectivity index (χ1) is 7.48. The third-order valence-electron chi connectivity index (χ3n) is 2.68. The lowest BCUT2D eigenvalue weighted by Crippen LogP contribution is -2.09. The van der Waals surface area contributed by atoms with Gasteiger partial charge in [-0.15, -0.1) is 0 Å². The first-order valence-corrected chi connectivity index (χ1v) is 6.67. The molecule has 0 bridgehead atoms. The summed E-state index contributed by atoms with van der Waals surface area (Å²) in [7, 11) is -2.94. The van der Waals surface area contributed by atoms with Crippen LogP contribution in [0.25, 0.3) is 0 Å². The second-order valence-corrected chi connectivity index (χ2v) is 6.17. The first-order valence-electron chi connectivity index (χ1n) is 4.85. The van der Waals surface area contributed by atoms with Gasteiger partial charge in [-0.2, -0.15) is 0 Å². The fourth-order valence-electron chi connectivity index (χ4n) is 1.88. The maximum absolute atomic E-state index is 11.2. The van der Waals surface area contributed by atoms with E-state index < -0.39 is 15.8 Å². The topological polar surface area (TPSA) is 97.5 Å². The third-order valence-corrected chi connectivity index (χ3v) is 4.51. The first kappa shape index (κ1) is 11.1. The van der Waals surface area contributed by atoms with Gasteiger partial charge in [0.15, 0.2) is 15.6 Å². The molecule has 1 fully saturated rings. The Balaban J connectivity index is 2.11. The monoisotopic (exact) mass is 245 g/mol. The SMILES string of the molecule is O=C(O)c1cnoc1CC1CCS(=O)(=O)C1. The molecule has 0 amide bonds. The molecule has 1 aromatic rings. The molecule has 88 valence electrons. The Morgan fingerprint density at radius 3 is 2.94 bits per heavy atom. The van der Waals surface area contributed by atoms with Crippen LogP contribution >= 0.6 is 0 Å².